The van der Waals surface area contributed by atoms with Gasteiger partial charge in [0, 0.05) is 0 Å². The molecule has 0 saturated carbocycles. The number of hydrogen-bond donors (Lipinski definition) is 3. The lowest BCUT2D eigenvalue weighted by Crippen LogP contribution is -2.14. The summed E-state index contributed by atoms with van der Waals surface area (Å²) in [7, 11) is -3.60. The number of aromatic nitrogens is 2. The molecule has 0 unspecified atom stereocenters. The first-order chi connectivity index (χ1) is 9.44. The average molecular weight is 294 g/mol. The van der Waals surface area contributed by atoms with E-state index in [1.165, 1.54) is 0 Å². The second-order valence-electron chi connectivity index (χ2n) is 4.60. The fraction of sp³-hybridized carbons (Fsp3) is 0.308. The van der Waals surface area contributed by atoms with Crippen molar-refractivity contribution in [2.75, 3.05) is 11.3 Å². The molecule has 6 nitrogen and oxygen atoms in total. The summed E-state index contributed by atoms with van der Waals surface area (Å²) in [6.07, 6.45) is 0.730. The SMILES string of the molecule is Cc1n[nH]c(C)c1NS(=O)(=O)c1ccc(CCN)cc1. The van der Waals surface area contributed by atoms with Gasteiger partial charge in [-0.05, 0) is 44.5 Å². The van der Waals surface area contributed by atoms with Gasteiger partial charge in [-0.25, -0.2) is 8.42 Å². The van der Waals surface area contributed by atoms with Crippen molar-refractivity contribution in [1.82, 2.24) is 10.2 Å². The third-order valence-corrected chi connectivity index (χ3v) is 4.40. The predicted octanol–water partition coefficient (Wildman–Crippen LogP) is 1.33. The third-order valence-electron chi connectivity index (χ3n) is 3.03. The fourth-order valence-corrected chi connectivity index (χ4v) is 3.08. The van der Waals surface area contributed by atoms with Crippen LogP contribution in [0.1, 0.15) is 17.0 Å². The minimum absolute atomic E-state index is 0.221. The van der Waals surface area contributed by atoms with E-state index in [9.17, 15) is 8.42 Å². The monoisotopic (exact) mass is 294 g/mol. The number of nitrogens with two attached hydrogens (primary N) is 1. The second-order valence-corrected chi connectivity index (χ2v) is 6.28. The largest absolute Gasteiger partial charge is 0.330 e. The molecule has 20 heavy (non-hydrogen) atoms. The van der Waals surface area contributed by atoms with E-state index in [1.54, 1.807) is 38.1 Å². The molecule has 0 saturated heterocycles. The van der Waals surface area contributed by atoms with E-state index < -0.39 is 10.0 Å². The summed E-state index contributed by atoms with van der Waals surface area (Å²) in [5, 5.41) is 6.71. The minimum atomic E-state index is -3.60. The van der Waals surface area contributed by atoms with Crippen LogP contribution in [-0.4, -0.2) is 25.2 Å². The summed E-state index contributed by atoms with van der Waals surface area (Å²) in [4.78, 5) is 0.221. The zero-order valence-corrected chi connectivity index (χ0v) is 12.3. The number of sulfonamides is 1. The molecule has 108 valence electrons. The van der Waals surface area contributed by atoms with Crippen molar-refractivity contribution >= 4 is 15.7 Å². The maximum Gasteiger partial charge on any atom is 0.262 e. The number of rotatable bonds is 5. The standard InChI is InChI=1S/C13H18N4O2S/c1-9-13(10(2)16-15-9)17-20(18,19)12-5-3-11(4-6-12)7-8-14/h3-6,17H,7-8,14H2,1-2H3,(H,15,16). The zero-order valence-electron chi connectivity index (χ0n) is 11.5. The fourth-order valence-electron chi connectivity index (χ4n) is 1.90. The molecule has 0 fully saturated rings. The molecule has 0 bridgehead atoms. The van der Waals surface area contributed by atoms with Gasteiger partial charge in [-0.3, -0.25) is 9.82 Å². The molecule has 2 rings (SSSR count). The van der Waals surface area contributed by atoms with Gasteiger partial charge in [0.25, 0.3) is 10.0 Å². The Balaban J connectivity index is 2.26. The Morgan fingerprint density at radius 1 is 1.25 bits per heavy atom. The Hall–Kier alpha value is -1.86. The van der Waals surface area contributed by atoms with Gasteiger partial charge in [0.2, 0.25) is 0 Å². The Morgan fingerprint density at radius 2 is 1.90 bits per heavy atom. The summed E-state index contributed by atoms with van der Waals surface area (Å²) in [6, 6.07) is 6.71. The molecule has 7 heteroatoms. The lowest BCUT2D eigenvalue weighted by Gasteiger charge is -2.08. The lowest BCUT2D eigenvalue weighted by molar-refractivity contribution is 0.601. The van der Waals surface area contributed by atoms with Crippen LogP contribution in [0.2, 0.25) is 0 Å². The van der Waals surface area contributed by atoms with Gasteiger partial charge < -0.3 is 5.73 Å². The summed E-state index contributed by atoms with van der Waals surface area (Å²) in [5.74, 6) is 0. The molecule has 0 atom stereocenters. The maximum atomic E-state index is 12.3. The average Bonchev–Trinajstić information content (AvgIpc) is 2.71. The predicted molar refractivity (Wildman–Crippen MR) is 78.1 cm³/mol. The zero-order chi connectivity index (χ0) is 14.8. The molecule has 2 aromatic rings. The number of nitrogens with one attached hydrogen (secondary N) is 2. The van der Waals surface area contributed by atoms with E-state index in [0.29, 0.717) is 23.6 Å². The van der Waals surface area contributed by atoms with Gasteiger partial charge in [-0.15, -0.1) is 0 Å². The highest BCUT2D eigenvalue weighted by Gasteiger charge is 2.17. The summed E-state index contributed by atoms with van der Waals surface area (Å²) < 4.78 is 27.1. The van der Waals surface area contributed by atoms with Crippen LogP contribution < -0.4 is 10.5 Å². The Bertz CT molecular complexity index is 670. The molecular formula is C13H18N4O2S. The molecule has 0 amide bonds. The smallest absolute Gasteiger partial charge is 0.262 e. The number of anilines is 1. The van der Waals surface area contributed by atoms with Crippen LogP contribution in [0.5, 0.6) is 0 Å². The van der Waals surface area contributed by atoms with Gasteiger partial charge in [-0.1, -0.05) is 12.1 Å². The number of aromatic amines is 1. The van der Waals surface area contributed by atoms with Crippen molar-refractivity contribution in [3.63, 3.8) is 0 Å². The van der Waals surface area contributed by atoms with Gasteiger partial charge in [0.1, 0.15) is 0 Å². The number of aryl methyl sites for hydroxylation is 2. The topological polar surface area (TPSA) is 101 Å². The molecule has 0 aliphatic heterocycles. The van der Waals surface area contributed by atoms with Crippen molar-refractivity contribution in [2.45, 2.75) is 25.2 Å². The van der Waals surface area contributed by atoms with E-state index >= 15 is 0 Å². The van der Waals surface area contributed by atoms with Gasteiger partial charge in [-0.2, -0.15) is 5.10 Å². The lowest BCUT2D eigenvalue weighted by atomic mass is 10.2. The third kappa shape index (κ3) is 3.00. The van der Waals surface area contributed by atoms with E-state index in [4.69, 9.17) is 5.73 Å². The van der Waals surface area contributed by atoms with Crippen LogP contribution >= 0.6 is 0 Å². The number of hydrogen-bond acceptors (Lipinski definition) is 4. The van der Waals surface area contributed by atoms with E-state index in [2.05, 4.69) is 14.9 Å². The van der Waals surface area contributed by atoms with Crippen molar-refractivity contribution in [3.05, 3.63) is 41.2 Å². The van der Waals surface area contributed by atoms with Crippen LogP contribution in [0, 0.1) is 13.8 Å². The minimum Gasteiger partial charge on any atom is -0.330 e. The van der Waals surface area contributed by atoms with Gasteiger partial charge in [0.15, 0.2) is 0 Å². The van der Waals surface area contributed by atoms with E-state index in [-0.39, 0.29) is 4.90 Å². The van der Waals surface area contributed by atoms with Crippen LogP contribution in [0.3, 0.4) is 0 Å². The molecule has 0 aliphatic carbocycles. The number of benzene rings is 1. The van der Waals surface area contributed by atoms with Crippen molar-refractivity contribution in [3.8, 4) is 0 Å². The highest BCUT2D eigenvalue weighted by molar-refractivity contribution is 7.92. The van der Waals surface area contributed by atoms with E-state index in [0.717, 1.165) is 12.0 Å². The van der Waals surface area contributed by atoms with Crippen molar-refractivity contribution in [1.29, 1.82) is 0 Å². The normalized spacial score (nSPS) is 11.6. The van der Waals surface area contributed by atoms with Crippen molar-refractivity contribution < 1.29 is 8.42 Å². The molecule has 0 radical (unpaired) electrons. The van der Waals surface area contributed by atoms with Crippen LogP contribution in [-0.2, 0) is 16.4 Å². The quantitative estimate of drug-likeness (QED) is 0.774. The highest BCUT2D eigenvalue weighted by Crippen LogP contribution is 2.21. The van der Waals surface area contributed by atoms with Gasteiger partial charge in [0.05, 0.1) is 22.0 Å². The Kier molecular flexibility index (Phi) is 4.10. The highest BCUT2D eigenvalue weighted by atomic mass is 32.2. The van der Waals surface area contributed by atoms with Crippen LogP contribution in [0.25, 0.3) is 0 Å². The summed E-state index contributed by atoms with van der Waals surface area (Å²) in [6.45, 7) is 4.05. The molecule has 0 spiro atoms. The molecule has 4 N–H and O–H groups in total. The van der Waals surface area contributed by atoms with Crippen LogP contribution in [0.4, 0.5) is 5.69 Å². The summed E-state index contributed by atoms with van der Waals surface area (Å²) in [5.41, 5.74) is 8.28. The summed E-state index contributed by atoms with van der Waals surface area (Å²) >= 11 is 0. The number of nitrogens with zero attached hydrogens (tertiary/aromatic N) is 1. The molecule has 1 heterocycles. The maximum absolute atomic E-state index is 12.3. The number of H-pyrrole nitrogens is 1. The first-order valence-electron chi connectivity index (χ1n) is 6.27. The molecule has 1 aromatic heterocycles. The molecule has 0 aliphatic rings. The van der Waals surface area contributed by atoms with Gasteiger partial charge >= 0.3 is 0 Å². The first kappa shape index (κ1) is 14.5. The van der Waals surface area contributed by atoms with Crippen molar-refractivity contribution in [2.24, 2.45) is 5.73 Å². The Labute approximate surface area is 118 Å². The second kappa shape index (κ2) is 5.64. The van der Waals surface area contributed by atoms with E-state index in [1.807, 2.05) is 0 Å². The molecular weight excluding hydrogens is 276 g/mol. The first-order valence-corrected chi connectivity index (χ1v) is 7.76. The Morgan fingerprint density at radius 3 is 2.40 bits per heavy atom. The van der Waals surface area contributed by atoms with Crippen LogP contribution in [0.15, 0.2) is 29.2 Å². The molecule has 1 aromatic carbocycles.